The third-order valence-corrected chi connectivity index (χ3v) is 6.87. The van der Waals surface area contributed by atoms with Gasteiger partial charge in [0.2, 0.25) is 4.77 Å². The van der Waals surface area contributed by atoms with Crippen molar-refractivity contribution in [1.82, 2.24) is 14.3 Å². The highest BCUT2D eigenvalue weighted by Crippen LogP contribution is 2.22. The summed E-state index contributed by atoms with van der Waals surface area (Å²) >= 11 is 5.92. The maximum atomic E-state index is 5.92. The molecule has 164 valence electrons. The quantitative estimate of drug-likeness (QED) is 0.538. The first-order valence-corrected chi connectivity index (χ1v) is 11.7. The minimum atomic E-state index is 0.703. The number of hydrogen-bond donors (Lipinski definition) is 1. The maximum Gasteiger partial charge on any atom is 0.203 e. The van der Waals surface area contributed by atoms with E-state index in [1.807, 2.05) is 16.8 Å². The molecule has 1 fully saturated rings. The van der Waals surface area contributed by atoms with Crippen LogP contribution in [0.3, 0.4) is 0 Å². The molecule has 1 aliphatic carbocycles. The third-order valence-electron chi connectivity index (χ3n) is 6.44. The van der Waals surface area contributed by atoms with Gasteiger partial charge in [0.25, 0.3) is 0 Å². The van der Waals surface area contributed by atoms with E-state index in [1.165, 1.54) is 42.6 Å². The highest BCUT2D eigenvalue weighted by atomic mass is 32.1. The topological polar surface area (TPSA) is 36.4 Å². The highest BCUT2D eigenvalue weighted by Gasteiger charge is 2.23. The molecule has 4 rings (SSSR count). The number of benzene rings is 2. The van der Waals surface area contributed by atoms with Crippen molar-refractivity contribution in [2.45, 2.75) is 57.8 Å². The molecule has 0 aliphatic heterocycles. The van der Waals surface area contributed by atoms with Gasteiger partial charge in [-0.3, -0.25) is 4.57 Å². The Labute approximate surface area is 190 Å². The number of rotatable bonds is 8. The van der Waals surface area contributed by atoms with Crippen molar-refractivity contribution in [1.29, 1.82) is 0 Å². The number of ether oxygens (including phenoxy) is 1. The van der Waals surface area contributed by atoms with E-state index in [4.69, 9.17) is 22.1 Å². The van der Waals surface area contributed by atoms with E-state index in [-0.39, 0.29) is 0 Å². The Morgan fingerprint density at radius 1 is 1.03 bits per heavy atom. The van der Waals surface area contributed by atoms with E-state index in [2.05, 4.69) is 54.1 Å². The lowest BCUT2D eigenvalue weighted by atomic mass is 9.95. The second-order valence-corrected chi connectivity index (χ2v) is 8.93. The van der Waals surface area contributed by atoms with E-state index in [0.717, 1.165) is 41.5 Å². The second-order valence-electron chi connectivity index (χ2n) is 8.56. The number of nitrogens with one attached hydrogen (secondary N) is 1. The lowest BCUT2D eigenvalue weighted by Crippen LogP contribution is -3.12. The fourth-order valence-corrected chi connectivity index (χ4v) is 4.83. The van der Waals surface area contributed by atoms with Crippen molar-refractivity contribution in [2.75, 3.05) is 14.2 Å². The number of aromatic nitrogens is 3. The van der Waals surface area contributed by atoms with Gasteiger partial charge in [-0.15, -0.1) is 5.10 Å². The van der Waals surface area contributed by atoms with Crippen LogP contribution in [0.1, 0.15) is 37.7 Å². The van der Waals surface area contributed by atoms with Crippen LogP contribution < -0.4 is 9.64 Å². The first kappa shape index (κ1) is 21.8. The van der Waals surface area contributed by atoms with Gasteiger partial charge in [0.1, 0.15) is 5.75 Å². The summed E-state index contributed by atoms with van der Waals surface area (Å²) in [6, 6.07) is 19.4. The number of aryl methyl sites for hydroxylation is 1. The van der Waals surface area contributed by atoms with Gasteiger partial charge in [-0.25, -0.2) is 0 Å². The minimum absolute atomic E-state index is 0.703. The number of quaternary nitrogens is 1. The van der Waals surface area contributed by atoms with Crippen LogP contribution in [0.2, 0.25) is 0 Å². The summed E-state index contributed by atoms with van der Waals surface area (Å²) in [6.45, 7) is 1.62. The molecule has 1 saturated carbocycles. The van der Waals surface area contributed by atoms with Gasteiger partial charge < -0.3 is 9.64 Å². The zero-order valence-electron chi connectivity index (χ0n) is 18.6. The van der Waals surface area contributed by atoms with Crippen molar-refractivity contribution < 1.29 is 9.64 Å². The SMILES string of the molecule is COc1ccc(-c2nn(C[NH+](C)C3CCCCC3)c(=S)n2CCc2ccccc2)cc1. The molecule has 31 heavy (non-hydrogen) atoms. The first-order chi connectivity index (χ1) is 15.2. The van der Waals surface area contributed by atoms with E-state index in [1.54, 1.807) is 7.11 Å². The zero-order chi connectivity index (χ0) is 21.6. The predicted octanol–water partition coefficient (Wildman–Crippen LogP) is 4.14. The smallest absolute Gasteiger partial charge is 0.203 e. The molecule has 1 aromatic heterocycles. The minimum Gasteiger partial charge on any atom is -0.497 e. The maximum absolute atomic E-state index is 5.92. The molecule has 1 atom stereocenters. The fraction of sp³-hybridized carbons (Fsp3) is 0.440. The van der Waals surface area contributed by atoms with Gasteiger partial charge in [-0.1, -0.05) is 36.8 Å². The Morgan fingerprint density at radius 2 is 1.74 bits per heavy atom. The van der Waals surface area contributed by atoms with Crippen molar-refractivity contribution in [3.63, 3.8) is 0 Å². The van der Waals surface area contributed by atoms with Gasteiger partial charge in [0.05, 0.1) is 20.2 Å². The number of nitrogens with zero attached hydrogens (tertiary/aromatic N) is 3. The summed E-state index contributed by atoms with van der Waals surface area (Å²) in [7, 11) is 3.97. The van der Waals surface area contributed by atoms with Crippen LogP contribution in [-0.4, -0.2) is 34.5 Å². The Hall–Kier alpha value is -2.44. The molecule has 0 spiro atoms. The second kappa shape index (κ2) is 10.2. The van der Waals surface area contributed by atoms with Gasteiger partial charge in [0.15, 0.2) is 12.5 Å². The van der Waals surface area contributed by atoms with Crippen LogP contribution in [0.25, 0.3) is 11.4 Å². The molecule has 1 N–H and O–H groups in total. The predicted molar refractivity (Wildman–Crippen MR) is 127 cm³/mol. The van der Waals surface area contributed by atoms with Crippen LogP contribution in [-0.2, 0) is 19.6 Å². The van der Waals surface area contributed by atoms with Crippen molar-refractivity contribution in [3.05, 3.63) is 64.9 Å². The van der Waals surface area contributed by atoms with E-state index in [0.29, 0.717) is 6.04 Å². The molecule has 0 radical (unpaired) electrons. The Morgan fingerprint density at radius 3 is 2.42 bits per heavy atom. The summed E-state index contributed by atoms with van der Waals surface area (Å²) in [4.78, 5) is 1.50. The Bertz CT molecular complexity index is 1020. The van der Waals surface area contributed by atoms with Crippen molar-refractivity contribution in [2.24, 2.45) is 0 Å². The standard InChI is InChI=1S/C25H32N4OS/c1-27(22-11-7-4-8-12-22)19-29-25(31)28(18-17-20-9-5-3-6-10-20)24(26-29)21-13-15-23(30-2)16-14-21/h3,5-6,9-10,13-16,22H,4,7-8,11-12,17-19H2,1-2H3/p+1. The summed E-state index contributed by atoms with van der Waals surface area (Å²) in [5.41, 5.74) is 2.37. The normalized spacial score (nSPS) is 15.7. The number of hydrogen-bond acceptors (Lipinski definition) is 3. The molecular weight excluding hydrogens is 404 g/mol. The molecule has 0 bridgehead atoms. The van der Waals surface area contributed by atoms with E-state index >= 15 is 0 Å². The largest absolute Gasteiger partial charge is 0.497 e. The summed E-state index contributed by atoms with van der Waals surface area (Å²) < 4.78 is 10.4. The zero-order valence-corrected chi connectivity index (χ0v) is 19.4. The van der Waals surface area contributed by atoms with Crippen molar-refractivity contribution >= 4 is 12.2 Å². The molecule has 1 heterocycles. The Balaban J connectivity index is 1.62. The average molecular weight is 438 g/mol. The lowest BCUT2D eigenvalue weighted by Gasteiger charge is -2.27. The lowest BCUT2D eigenvalue weighted by molar-refractivity contribution is -0.930. The molecule has 3 aromatic rings. The average Bonchev–Trinajstić information content (AvgIpc) is 3.14. The van der Waals surface area contributed by atoms with Gasteiger partial charge in [0, 0.05) is 12.1 Å². The van der Waals surface area contributed by atoms with Crippen LogP contribution >= 0.6 is 12.2 Å². The first-order valence-electron chi connectivity index (χ1n) is 11.3. The Kier molecular flexibility index (Phi) is 7.20. The molecular formula is C25H33N4OS+. The summed E-state index contributed by atoms with van der Waals surface area (Å²) in [6.07, 6.45) is 7.60. The fourth-order valence-electron chi connectivity index (χ4n) is 4.55. The van der Waals surface area contributed by atoms with Crippen LogP contribution in [0.15, 0.2) is 54.6 Å². The molecule has 6 heteroatoms. The van der Waals surface area contributed by atoms with Crippen LogP contribution in [0, 0.1) is 4.77 Å². The van der Waals surface area contributed by atoms with E-state index in [9.17, 15) is 0 Å². The van der Waals surface area contributed by atoms with Crippen LogP contribution in [0.5, 0.6) is 5.75 Å². The molecule has 1 unspecified atom stereocenters. The van der Waals surface area contributed by atoms with Gasteiger partial charge in [-0.2, -0.15) is 4.68 Å². The molecule has 2 aromatic carbocycles. The third kappa shape index (κ3) is 5.25. The summed E-state index contributed by atoms with van der Waals surface area (Å²) in [5, 5.41) is 5.00. The molecule has 5 nitrogen and oxygen atoms in total. The van der Waals surface area contributed by atoms with E-state index < -0.39 is 0 Å². The monoisotopic (exact) mass is 437 g/mol. The van der Waals surface area contributed by atoms with Gasteiger partial charge in [-0.05, 0) is 74.2 Å². The molecule has 0 saturated heterocycles. The highest BCUT2D eigenvalue weighted by molar-refractivity contribution is 7.71. The van der Waals surface area contributed by atoms with Crippen LogP contribution in [0.4, 0.5) is 0 Å². The molecule has 0 amide bonds. The summed E-state index contributed by atoms with van der Waals surface area (Å²) in [5.74, 6) is 1.78. The molecule has 1 aliphatic rings. The van der Waals surface area contributed by atoms with Gasteiger partial charge >= 0.3 is 0 Å². The number of methoxy groups -OCH3 is 1. The van der Waals surface area contributed by atoms with Crippen molar-refractivity contribution in [3.8, 4) is 17.1 Å².